The summed E-state index contributed by atoms with van der Waals surface area (Å²) in [6.07, 6.45) is 8.45. The van der Waals surface area contributed by atoms with Crippen molar-refractivity contribution in [3.63, 3.8) is 0 Å². The zero-order valence-electron chi connectivity index (χ0n) is 17.6. The van der Waals surface area contributed by atoms with Gasteiger partial charge in [-0.2, -0.15) is 0 Å². The number of piperidine rings is 1. The quantitative estimate of drug-likeness (QED) is 0.777. The first kappa shape index (κ1) is 19.1. The van der Waals surface area contributed by atoms with Crippen molar-refractivity contribution in [1.29, 1.82) is 0 Å². The summed E-state index contributed by atoms with van der Waals surface area (Å²) in [4.78, 5) is 19.4. The van der Waals surface area contributed by atoms with E-state index >= 15 is 0 Å². The zero-order chi connectivity index (χ0) is 19.5. The number of fused-ring (bicyclic) bond motifs is 1. The van der Waals surface area contributed by atoms with Gasteiger partial charge in [0.15, 0.2) is 0 Å². The van der Waals surface area contributed by atoms with Gasteiger partial charge in [0.05, 0.1) is 5.52 Å². The summed E-state index contributed by atoms with van der Waals surface area (Å²) < 4.78 is 0. The highest BCUT2D eigenvalue weighted by molar-refractivity contribution is 5.92. The second-order valence-corrected chi connectivity index (χ2v) is 8.82. The maximum Gasteiger partial charge on any atom is 0.139 e. The van der Waals surface area contributed by atoms with Crippen LogP contribution in [0, 0.1) is 0 Å². The van der Waals surface area contributed by atoms with Gasteiger partial charge in [-0.05, 0) is 57.0 Å². The number of aromatic nitrogens is 2. The minimum atomic E-state index is 1.06. The topological polar surface area (TPSA) is 38.7 Å². The van der Waals surface area contributed by atoms with E-state index in [-0.39, 0.29) is 0 Å². The number of benzene rings is 1. The Kier molecular flexibility index (Phi) is 5.81. The molecular formula is C23H34N6. The summed E-state index contributed by atoms with van der Waals surface area (Å²) in [5.41, 5.74) is 2.38. The molecule has 3 fully saturated rings. The molecule has 3 saturated heterocycles. The van der Waals surface area contributed by atoms with Crippen LogP contribution in [0.1, 0.15) is 32.1 Å². The average Bonchev–Trinajstić information content (AvgIpc) is 3.33. The van der Waals surface area contributed by atoms with E-state index in [2.05, 4.69) is 47.8 Å². The Labute approximate surface area is 174 Å². The van der Waals surface area contributed by atoms with Gasteiger partial charge < -0.3 is 14.7 Å². The molecule has 0 atom stereocenters. The fraction of sp³-hybridized carbons (Fsp3) is 0.652. The van der Waals surface area contributed by atoms with Crippen molar-refractivity contribution < 1.29 is 0 Å². The highest BCUT2D eigenvalue weighted by atomic mass is 15.3. The number of likely N-dealkylation sites (tertiary alicyclic amines) is 1. The highest BCUT2D eigenvalue weighted by Gasteiger charge is 2.21. The zero-order valence-corrected chi connectivity index (χ0v) is 17.6. The van der Waals surface area contributed by atoms with Crippen molar-refractivity contribution in [3.05, 3.63) is 24.5 Å². The molecule has 4 heterocycles. The third kappa shape index (κ3) is 4.33. The van der Waals surface area contributed by atoms with E-state index in [1.54, 1.807) is 6.33 Å². The molecule has 0 spiro atoms. The monoisotopic (exact) mass is 394 g/mol. The lowest BCUT2D eigenvalue weighted by Crippen LogP contribution is -2.48. The lowest BCUT2D eigenvalue weighted by atomic mass is 10.1. The molecule has 0 aliphatic carbocycles. The van der Waals surface area contributed by atoms with Gasteiger partial charge >= 0.3 is 0 Å². The van der Waals surface area contributed by atoms with Crippen molar-refractivity contribution in [2.24, 2.45) is 0 Å². The van der Waals surface area contributed by atoms with Crippen LogP contribution in [0.3, 0.4) is 0 Å². The standard InChI is InChI=1S/C23H34N6/c1-2-8-26(9-3-1)12-13-27-14-16-28(17-15-27)20-6-7-22-21(18-20)23(25-19-24-22)29-10-4-5-11-29/h6-7,18-19H,1-5,8-17H2. The summed E-state index contributed by atoms with van der Waals surface area (Å²) in [5.74, 6) is 1.12. The molecule has 0 unspecified atom stereocenters. The first-order chi connectivity index (χ1) is 14.4. The second kappa shape index (κ2) is 8.84. The maximum absolute atomic E-state index is 4.64. The van der Waals surface area contributed by atoms with Crippen LogP contribution in [-0.2, 0) is 0 Å². The van der Waals surface area contributed by atoms with Crippen LogP contribution in [0.15, 0.2) is 24.5 Å². The maximum atomic E-state index is 4.64. The fourth-order valence-corrected chi connectivity index (χ4v) is 5.10. The van der Waals surface area contributed by atoms with Gasteiger partial charge in [0, 0.05) is 63.4 Å². The van der Waals surface area contributed by atoms with Gasteiger partial charge in [0.25, 0.3) is 0 Å². The number of piperazine rings is 1. The largest absolute Gasteiger partial charge is 0.369 e. The predicted molar refractivity (Wildman–Crippen MR) is 120 cm³/mol. The van der Waals surface area contributed by atoms with Gasteiger partial charge in [0.1, 0.15) is 12.1 Å². The van der Waals surface area contributed by atoms with Gasteiger partial charge in [-0.25, -0.2) is 9.97 Å². The van der Waals surface area contributed by atoms with Crippen LogP contribution in [-0.4, -0.2) is 85.2 Å². The second-order valence-electron chi connectivity index (χ2n) is 8.82. The first-order valence-corrected chi connectivity index (χ1v) is 11.6. The van der Waals surface area contributed by atoms with Crippen LogP contribution in [0.4, 0.5) is 11.5 Å². The lowest BCUT2D eigenvalue weighted by molar-refractivity contribution is 0.177. The summed E-state index contributed by atoms with van der Waals surface area (Å²) in [7, 11) is 0. The van der Waals surface area contributed by atoms with Crippen LogP contribution in [0.5, 0.6) is 0 Å². The molecule has 29 heavy (non-hydrogen) atoms. The van der Waals surface area contributed by atoms with Gasteiger partial charge in [-0.3, -0.25) is 4.90 Å². The number of anilines is 2. The van der Waals surface area contributed by atoms with Crippen molar-refractivity contribution >= 4 is 22.4 Å². The molecule has 0 N–H and O–H groups in total. The Morgan fingerprint density at radius 2 is 1.34 bits per heavy atom. The summed E-state index contributed by atoms with van der Waals surface area (Å²) in [5, 5.41) is 1.21. The summed E-state index contributed by atoms with van der Waals surface area (Å²) >= 11 is 0. The van der Waals surface area contributed by atoms with Gasteiger partial charge in [-0.1, -0.05) is 6.42 Å². The molecule has 6 heteroatoms. The van der Waals surface area contributed by atoms with Crippen LogP contribution >= 0.6 is 0 Å². The Hall–Kier alpha value is -1.92. The number of rotatable bonds is 5. The van der Waals surface area contributed by atoms with E-state index in [4.69, 9.17) is 0 Å². The Morgan fingerprint density at radius 1 is 0.655 bits per heavy atom. The van der Waals surface area contributed by atoms with Crippen LogP contribution in [0.25, 0.3) is 10.9 Å². The average molecular weight is 395 g/mol. The molecule has 3 aliphatic rings. The van der Waals surface area contributed by atoms with Crippen molar-refractivity contribution in [3.8, 4) is 0 Å². The number of nitrogens with zero attached hydrogens (tertiary/aromatic N) is 6. The third-order valence-corrected chi connectivity index (χ3v) is 6.92. The number of hydrogen-bond acceptors (Lipinski definition) is 6. The van der Waals surface area contributed by atoms with E-state index in [1.165, 1.54) is 69.4 Å². The highest BCUT2D eigenvalue weighted by Crippen LogP contribution is 2.29. The predicted octanol–water partition coefficient (Wildman–Crippen LogP) is 2.84. The molecule has 3 aliphatic heterocycles. The van der Waals surface area contributed by atoms with Crippen LogP contribution in [0.2, 0.25) is 0 Å². The molecule has 5 rings (SSSR count). The first-order valence-electron chi connectivity index (χ1n) is 11.6. The molecule has 0 radical (unpaired) electrons. The molecule has 0 bridgehead atoms. The van der Waals surface area contributed by atoms with E-state index < -0.39 is 0 Å². The third-order valence-electron chi connectivity index (χ3n) is 6.92. The Bertz CT molecular complexity index is 804. The van der Waals surface area contributed by atoms with E-state index in [0.717, 1.165) is 50.6 Å². The van der Waals surface area contributed by atoms with E-state index in [1.807, 2.05) is 0 Å². The molecule has 1 aromatic heterocycles. The van der Waals surface area contributed by atoms with Crippen molar-refractivity contribution in [2.45, 2.75) is 32.1 Å². The minimum Gasteiger partial charge on any atom is -0.369 e. The smallest absolute Gasteiger partial charge is 0.139 e. The molecule has 156 valence electrons. The fourth-order valence-electron chi connectivity index (χ4n) is 5.10. The van der Waals surface area contributed by atoms with Gasteiger partial charge in [-0.15, -0.1) is 0 Å². The summed E-state index contributed by atoms with van der Waals surface area (Å²) in [6, 6.07) is 6.74. The Balaban J connectivity index is 1.23. The lowest BCUT2D eigenvalue weighted by Gasteiger charge is -2.37. The van der Waals surface area contributed by atoms with Gasteiger partial charge in [0.2, 0.25) is 0 Å². The summed E-state index contributed by atoms with van der Waals surface area (Å²) in [6.45, 7) is 11.9. The molecule has 1 aromatic carbocycles. The van der Waals surface area contributed by atoms with Crippen molar-refractivity contribution in [1.82, 2.24) is 19.8 Å². The molecule has 0 saturated carbocycles. The van der Waals surface area contributed by atoms with Crippen molar-refractivity contribution in [2.75, 3.05) is 75.2 Å². The molecule has 2 aromatic rings. The SMILES string of the molecule is c1nc(N2CCCC2)c2cc(N3CCN(CCN4CCCCC4)CC3)ccc2n1. The minimum absolute atomic E-state index is 1.06. The van der Waals surface area contributed by atoms with E-state index in [0.29, 0.717) is 0 Å². The van der Waals surface area contributed by atoms with Crippen LogP contribution < -0.4 is 9.80 Å². The normalized spacial score (nSPS) is 21.9. The Morgan fingerprint density at radius 3 is 2.10 bits per heavy atom. The molecule has 0 amide bonds. The number of hydrogen-bond donors (Lipinski definition) is 0. The molecule has 6 nitrogen and oxygen atoms in total. The molecular weight excluding hydrogens is 360 g/mol. The van der Waals surface area contributed by atoms with E-state index in [9.17, 15) is 0 Å².